The molecule has 112 valence electrons. The average Bonchev–Trinajstić information content (AvgIpc) is 2.94. The van der Waals surface area contributed by atoms with Crippen LogP contribution in [0.15, 0.2) is 42.5 Å². The summed E-state index contributed by atoms with van der Waals surface area (Å²) in [5.74, 6) is -0.0440. The summed E-state index contributed by atoms with van der Waals surface area (Å²) in [5.41, 5.74) is 1.73. The molecule has 1 heterocycles. The van der Waals surface area contributed by atoms with Crippen LogP contribution in [0.1, 0.15) is 5.56 Å². The Balaban J connectivity index is 1.80. The van der Waals surface area contributed by atoms with Gasteiger partial charge in [0, 0.05) is 7.05 Å². The molecule has 6 heteroatoms. The van der Waals surface area contributed by atoms with Crippen molar-refractivity contribution in [2.24, 2.45) is 0 Å². The largest absolute Gasteiger partial charge is 0.291 e. The van der Waals surface area contributed by atoms with Gasteiger partial charge in [-0.15, -0.1) is 0 Å². The van der Waals surface area contributed by atoms with E-state index in [9.17, 15) is 4.79 Å². The summed E-state index contributed by atoms with van der Waals surface area (Å²) in [6, 6.07) is 13.0. The van der Waals surface area contributed by atoms with Crippen LogP contribution in [-0.2, 0) is 11.2 Å². The molecule has 3 nitrogen and oxygen atoms in total. The van der Waals surface area contributed by atoms with Crippen molar-refractivity contribution in [3.8, 4) is 0 Å². The Morgan fingerprint density at radius 1 is 1.18 bits per heavy atom. The minimum Gasteiger partial charge on any atom is -0.291 e. The zero-order valence-corrected chi connectivity index (χ0v) is 14.0. The number of amides is 1. The number of hydrogen-bond acceptors (Lipinski definition) is 3. The lowest BCUT2D eigenvalue weighted by Gasteiger charge is -2.13. The Kier molecular flexibility index (Phi) is 4.34. The van der Waals surface area contributed by atoms with Gasteiger partial charge in [-0.1, -0.05) is 52.7 Å². The quantitative estimate of drug-likeness (QED) is 0.679. The fraction of sp³-hybridized carbons (Fsp3) is 0.125. The number of carbonyl (C=O) groups excluding carboxylic acids is 1. The van der Waals surface area contributed by atoms with Gasteiger partial charge in [0.1, 0.15) is 0 Å². The number of halogens is 2. The normalized spacial score (nSPS) is 10.9. The Morgan fingerprint density at radius 3 is 2.68 bits per heavy atom. The lowest BCUT2D eigenvalue weighted by Crippen LogP contribution is -2.27. The minimum absolute atomic E-state index is 0.0440. The second-order valence-corrected chi connectivity index (χ2v) is 6.67. The Morgan fingerprint density at radius 2 is 1.95 bits per heavy atom. The summed E-state index contributed by atoms with van der Waals surface area (Å²) < 4.78 is 1.06. The highest BCUT2D eigenvalue weighted by molar-refractivity contribution is 7.22. The van der Waals surface area contributed by atoms with Gasteiger partial charge in [0.15, 0.2) is 5.13 Å². The summed E-state index contributed by atoms with van der Waals surface area (Å²) >= 11 is 13.4. The van der Waals surface area contributed by atoms with Gasteiger partial charge in [-0.2, -0.15) is 0 Å². The lowest BCUT2D eigenvalue weighted by atomic mass is 10.1. The van der Waals surface area contributed by atoms with Crippen LogP contribution in [0, 0.1) is 0 Å². The molecule has 22 heavy (non-hydrogen) atoms. The second kappa shape index (κ2) is 6.24. The molecule has 0 bridgehead atoms. The van der Waals surface area contributed by atoms with E-state index in [4.69, 9.17) is 23.2 Å². The standard InChI is InChI=1S/C16H12Cl2N2OS/c1-20(16-19-13-4-2-3-5-14(13)22-16)15(21)9-10-6-7-11(17)12(18)8-10/h2-8H,9H2,1H3. The molecule has 3 aromatic rings. The van der Waals surface area contributed by atoms with Gasteiger partial charge < -0.3 is 0 Å². The number of para-hydroxylation sites is 1. The van der Waals surface area contributed by atoms with Crippen LogP contribution in [0.4, 0.5) is 5.13 Å². The molecule has 0 fully saturated rings. The number of aromatic nitrogens is 1. The van der Waals surface area contributed by atoms with Crippen molar-refractivity contribution in [1.29, 1.82) is 0 Å². The van der Waals surface area contributed by atoms with E-state index >= 15 is 0 Å². The molecule has 0 atom stereocenters. The molecule has 0 spiro atoms. The van der Waals surface area contributed by atoms with Gasteiger partial charge in [0.25, 0.3) is 0 Å². The van der Waals surface area contributed by atoms with Crippen molar-refractivity contribution >= 4 is 55.8 Å². The third-order valence-electron chi connectivity index (χ3n) is 3.28. The fourth-order valence-corrected chi connectivity index (χ4v) is 3.32. The van der Waals surface area contributed by atoms with E-state index < -0.39 is 0 Å². The smallest absolute Gasteiger partial charge is 0.232 e. The third-order valence-corrected chi connectivity index (χ3v) is 5.13. The fourth-order valence-electron chi connectivity index (χ4n) is 2.05. The molecule has 0 N–H and O–H groups in total. The van der Waals surface area contributed by atoms with Crippen molar-refractivity contribution in [3.05, 3.63) is 58.1 Å². The van der Waals surface area contributed by atoms with Crippen LogP contribution >= 0.6 is 34.5 Å². The first-order valence-corrected chi connectivity index (χ1v) is 8.18. The number of benzene rings is 2. The molecule has 0 saturated heterocycles. The predicted molar refractivity (Wildman–Crippen MR) is 93.2 cm³/mol. The highest BCUT2D eigenvalue weighted by Gasteiger charge is 2.16. The van der Waals surface area contributed by atoms with Crippen LogP contribution in [0.5, 0.6) is 0 Å². The molecule has 0 radical (unpaired) electrons. The van der Waals surface area contributed by atoms with Crippen LogP contribution in [-0.4, -0.2) is 17.9 Å². The number of fused-ring (bicyclic) bond motifs is 1. The molecule has 2 aromatic carbocycles. The van der Waals surface area contributed by atoms with E-state index in [0.29, 0.717) is 15.2 Å². The van der Waals surface area contributed by atoms with E-state index in [1.165, 1.54) is 11.3 Å². The highest BCUT2D eigenvalue weighted by atomic mass is 35.5. The number of carbonyl (C=O) groups is 1. The molecule has 0 saturated carbocycles. The number of hydrogen-bond donors (Lipinski definition) is 0. The summed E-state index contributed by atoms with van der Waals surface area (Å²) in [6.45, 7) is 0. The highest BCUT2D eigenvalue weighted by Crippen LogP contribution is 2.28. The van der Waals surface area contributed by atoms with Crippen LogP contribution in [0.25, 0.3) is 10.2 Å². The van der Waals surface area contributed by atoms with Gasteiger partial charge >= 0.3 is 0 Å². The average molecular weight is 351 g/mol. The van der Waals surface area contributed by atoms with Crippen molar-refractivity contribution in [2.45, 2.75) is 6.42 Å². The maximum atomic E-state index is 12.4. The molecule has 1 aromatic heterocycles. The van der Waals surface area contributed by atoms with E-state index in [-0.39, 0.29) is 12.3 Å². The van der Waals surface area contributed by atoms with Crippen molar-refractivity contribution < 1.29 is 4.79 Å². The van der Waals surface area contributed by atoms with Crippen molar-refractivity contribution in [1.82, 2.24) is 4.98 Å². The van der Waals surface area contributed by atoms with Gasteiger partial charge in [-0.05, 0) is 29.8 Å². The number of likely N-dealkylation sites (N-methyl/N-ethyl adjacent to an activating group) is 1. The molecule has 0 aliphatic rings. The molecule has 3 rings (SSSR count). The maximum Gasteiger partial charge on any atom is 0.232 e. The molecule has 0 aliphatic heterocycles. The number of nitrogens with zero attached hydrogens (tertiary/aromatic N) is 2. The van der Waals surface area contributed by atoms with Gasteiger partial charge in [-0.25, -0.2) is 4.98 Å². The maximum absolute atomic E-state index is 12.4. The summed E-state index contributed by atoms with van der Waals surface area (Å²) in [6.07, 6.45) is 0.253. The molecule has 0 unspecified atom stereocenters. The van der Waals surface area contributed by atoms with E-state index in [1.807, 2.05) is 24.3 Å². The molecular formula is C16H12Cl2N2OS. The Bertz CT molecular complexity index is 814. The van der Waals surface area contributed by atoms with Gasteiger partial charge in [0.2, 0.25) is 5.91 Å². The molecule has 0 aliphatic carbocycles. The molecular weight excluding hydrogens is 339 g/mol. The van der Waals surface area contributed by atoms with Crippen molar-refractivity contribution in [2.75, 3.05) is 11.9 Å². The van der Waals surface area contributed by atoms with Crippen LogP contribution in [0.3, 0.4) is 0 Å². The summed E-state index contributed by atoms with van der Waals surface area (Å²) in [5, 5.41) is 1.62. The van der Waals surface area contributed by atoms with Crippen LogP contribution < -0.4 is 4.90 Å². The van der Waals surface area contributed by atoms with E-state index in [0.717, 1.165) is 15.8 Å². The zero-order chi connectivity index (χ0) is 15.7. The second-order valence-electron chi connectivity index (χ2n) is 4.84. The van der Waals surface area contributed by atoms with Gasteiger partial charge in [0.05, 0.1) is 26.7 Å². The van der Waals surface area contributed by atoms with Gasteiger partial charge in [-0.3, -0.25) is 9.69 Å². The SMILES string of the molecule is CN(C(=O)Cc1ccc(Cl)c(Cl)c1)c1nc2ccccc2s1. The predicted octanol–water partition coefficient (Wildman–Crippen LogP) is 4.81. The van der Waals surface area contributed by atoms with Crippen LogP contribution in [0.2, 0.25) is 10.0 Å². The monoisotopic (exact) mass is 350 g/mol. The Labute approximate surface area is 142 Å². The summed E-state index contributed by atoms with van der Waals surface area (Å²) in [7, 11) is 1.73. The first-order valence-electron chi connectivity index (χ1n) is 6.60. The zero-order valence-electron chi connectivity index (χ0n) is 11.7. The number of thiazole rings is 1. The first-order chi connectivity index (χ1) is 10.5. The Hall–Kier alpha value is -1.62. The minimum atomic E-state index is -0.0440. The topological polar surface area (TPSA) is 33.2 Å². The lowest BCUT2D eigenvalue weighted by molar-refractivity contribution is -0.117. The van der Waals surface area contributed by atoms with E-state index in [1.54, 1.807) is 30.1 Å². The third kappa shape index (κ3) is 3.09. The summed E-state index contributed by atoms with van der Waals surface area (Å²) in [4.78, 5) is 18.5. The van der Waals surface area contributed by atoms with Crippen molar-refractivity contribution in [3.63, 3.8) is 0 Å². The molecule has 1 amide bonds. The first kappa shape index (κ1) is 15.3. The number of rotatable bonds is 3. The van der Waals surface area contributed by atoms with E-state index in [2.05, 4.69) is 4.98 Å². The number of anilines is 1.